The Bertz CT molecular complexity index is 584. The van der Waals surface area contributed by atoms with Crippen molar-refractivity contribution in [1.29, 1.82) is 0 Å². The van der Waals surface area contributed by atoms with Crippen molar-refractivity contribution in [1.82, 2.24) is 20.4 Å². The average molecular weight is 549 g/mol. The molecule has 2 aliphatic heterocycles. The number of rotatable bonds is 5. The second-order valence-electron chi connectivity index (χ2n) is 8.94. The quantitative estimate of drug-likeness (QED) is 0.314. The molecule has 11 heteroatoms. The van der Waals surface area contributed by atoms with Gasteiger partial charge in [-0.2, -0.15) is 13.2 Å². The Morgan fingerprint density at radius 2 is 1.77 bits per heavy atom. The van der Waals surface area contributed by atoms with Crippen LogP contribution in [0.15, 0.2) is 4.99 Å². The molecule has 0 aromatic rings. The average Bonchev–Trinajstić information content (AvgIpc) is 2.82. The van der Waals surface area contributed by atoms with Gasteiger partial charge in [0.1, 0.15) is 5.60 Å². The minimum absolute atomic E-state index is 0. The molecule has 2 rings (SSSR count). The summed E-state index contributed by atoms with van der Waals surface area (Å²) >= 11 is 0. The second kappa shape index (κ2) is 11.1. The third-order valence-corrected chi connectivity index (χ3v) is 5.14. The number of likely N-dealkylation sites (N-methyl/N-ethyl adjacent to an activating group) is 1. The van der Waals surface area contributed by atoms with Gasteiger partial charge in [0.2, 0.25) is 0 Å². The number of ether oxygens (including phenoxy) is 1. The summed E-state index contributed by atoms with van der Waals surface area (Å²) in [6.07, 6.45) is -0.948. The molecule has 7 nitrogen and oxygen atoms in total. The van der Waals surface area contributed by atoms with Crippen LogP contribution in [0.1, 0.15) is 46.5 Å². The van der Waals surface area contributed by atoms with E-state index in [1.165, 1.54) is 11.9 Å². The highest BCUT2D eigenvalue weighted by atomic mass is 127. The van der Waals surface area contributed by atoms with E-state index in [1.54, 1.807) is 7.05 Å². The Labute approximate surface area is 194 Å². The molecule has 2 heterocycles. The van der Waals surface area contributed by atoms with Crippen LogP contribution in [0.4, 0.5) is 18.0 Å². The van der Waals surface area contributed by atoms with E-state index in [-0.39, 0.29) is 54.7 Å². The van der Waals surface area contributed by atoms with Crippen molar-refractivity contribution in [2.24, 2.45) is 4.99 Å². The number of hydrogen-bond donors (Lipinski definition) is 2. The van der Waals surface area contributed by atoms with Gasteiger partial charge in [-0.3, -0.25) is 9.89 Å². The number of nitrogens with one attached hydrogen (secondary N) is 2. The van der Waals surface area contributed by atoms with E-state index in [1.807, 2.05) is 25.7 Å². The van der Waals surface area contributed by atoms with Gasteiger partial charge in [-0.1, -0.05) is 0 Å². The van der Waals surface area contributed by atoms with Gasteiger partial charge in [0.05, 0.1) is 6.54 Å². The highest BCUT2D eigenvalue weighted by molar-refractivity contribution is 14.0. The first-order chi connectivity index (χ1) is 13.4. The Morgan fingerprint density at radius 3 is 2.23 bits per heavy atom. The highest BCUT2D eigenvalue weighted by Crippen LogP contribution is 2.36. The van der Waals surface area contributed by atoms with Crippen LogP contribution >= 0.6 is 24.0 Å². The van der Waals surface area contributed by atoms with Crippen LogP contribution in [0, 0.1) is 0 Å². The predicted molar refractivity (Wildman–Crippen MR) is 121 cm³/mol. The van der Waals surface area contributed by atoms with E-state index in [2.05, 4.69) is 15.6 Å². The number of carbonyl (C=O) groups excluding carboxylic acids is 1. The van der Waals surface area contributed by atoms with E-state index in [9.17, 15) is 18.0 Å². The van der Waals surface area contributed by atoms with Gasteiger partial charge in [-0.25, -0.2) is 4.79 Å². The first-order valence-corrected chi connectivity index (χ1v) is 10.1. The smallest absolute Gasteiger partial charge is 0.410 e. The lowest BCUT2D eigenvalue weighted by molar-refractivity contribution is -0.142. The summed E-state index contributed by atoms with van der Waals surface area (Å²) in [7, 11) is 3.08. The minimum atomic E-state index is -4.20. The van der Waals surface area contributed by atoms with Gasteiger partial charge in [-0.15, -0.1) is 24.0 Å². The van der Waals surface area contributed by atoms with Gasteiger partial charge in [0.15, 0.2) is 5.96 Å². The molecule has 2 bridgehead atoms. The molecule has 0 aromatic carbocycles. The summed E-state index contributed by atoms with van der Waals surface area (Å²) in [5, 5.41) is 6.43. The molecule has 0 saturated carbocycles. The summed E-state index contributed by atoms with van der Waals surface area (Å²) in [6, 6.07) is 0.430. The number of guanidine groups is 1. The lowest BCUT2D eigenvalue weighted by Gasteiger charge is -2.40. The number of hydrogen-bond acceptors (Lipinski definition) is 4. The van der Waals surface area contributed by atoms with Crippen molar-refractivity contribution in [2.75, 3.05) is 33.7 Å². The Hall–Kier alpha value is -0.980. The topological polar surface area (TPSA) is 69.2 Å². The first kappa shape index (κ1) is 27.1. The number of amides is 1. The fourth-order valence-corrected chi connectivity index (χ4v) is 4.05. The largest absolute Gasteiger partial charge is 0.444 e. The molecular weight excluding hydrogens is 514 g/mol. The summed E-state index contributed by atoms with van der Waals surface area (Å²) in [5.41, 5.74) is -0.517. The molecule has 1 amide bonds. The zero-order chi connectivity index (χ0) is 21.8. The van der Waals surface area contributed by atoms with Crippen LogP contribution in [-0.4, -0.2) is 85.5 Å². The maximum Gasteiger partial charge on any atom is 0.410 e. The number of nitrogens with zero attached hydrogens (tertiary/aromatic N) is 3. The number of piperidine rings is 1. The van der Waals surface area contributed by atoms with Crippen LogP contribution in [0.25, 0.3) is 0 Å². The predicted octanol–water partition coefficient (Wildman–Crippen LogP) is 3.19. The molecule has 2 aliphatic rings. The number of fused-ring (bicyclic) bond motifs is 2. The second-order valence-corrected chi connectivity index (χ2v) is 8.94. The number of carbonyl (C=O) groups is 1. The Morgan fingerprint density at radius 1 is 1.20 bits per heavy atom. The molecule has 2 fully saturated rings. The van der Waals surface area contributed by atoms with E-state index >= 15 is 0 Å². The van der Waals surface area contributed by atoms with Crippen LogP contribution < -0.4 is 10.6 Å². The lowest BCUT2D eigenvalue weighted by atomic mass is 9.98. The number of aliphatic imine (C=N–C) groups is 1. The third-order valence-electron chi connectivity index (χ3n) is 5.14. The number of alkyl halides is 3. The fourth-order valence-electron chi connectivity index (χ4n) is 4.05. The summed E-state index contributed by atoms with van der Waals surface area (Å²) < 4.78 is 42.7. The van der Waals surface area contributed by atoms with Crippen molar-refractivity contribution >= 4 is 36.0 Å². The fraction of sp³-hybridized carbons (Fsp3) is 0.895. The maximum atomic E-state index is 12.5. The van der Waals surface area contributed by atoms with Gasteiger partial charge in [0, 0.05) is 38.3 Å². The first-order valence-electron chi connectivity index (χ1n) is 10.1. The summed E-state index contributed by atoms with van der Waals surface area (Å²) in [6.45, 7) is 5.26. The normalized spacial score (nSPS) is 24.5. The molecule has 176 valence electrons. The maximum absolute atomic E-state index is 12.5. The Balaban J connectivity index is 0.00000450. The third kappa shape index (κ3) is 8.64. The van der Waals surface area contributed by atoms with Gasteiger partial charge in [0.25, 0.3) is 0 Å². The monoisotopic (exact) mass is 549 g/mol. The molecule has 0 radical (unpaired) electrons. The van der Waals surface area contributed by atoms with Crippen molar-refractivity contribution < 1.29 is 22.7 Å². The van der Waals surface area contributed by atoms with Crippen LogP contribution in [0.2, 0.25) is 0 Å². The van der Waals surface area contributed by atoms with Crippen LogP contribution in [0.5, 0.6) is 0 Å². The molecule has 0 aliphatic carbocycles. The SMILES string of the molecule is CN=C(NCCN(C)CC(F)(F)F)NC1CC2CCC(C1)N2C(=O)OC(C)(C)C.I. The van der Waals surface area contributed by atoms with E-state index < -0.39 is 18.3 Å². The van der Waals surface area contributed by atoms with Crippen LogP contribution in [0.3, 0.4) is 0 Å². The van der Waals surface area contributed by atoms with Crippen molar-refractivity contribution in [2.45, 2.75) is 76.4 Å². The van der Waals surface area contributed by atoms with Gasteiger partial charge < -0.3 is 20.3 Å². The van der Waals surface area contributed by atoms with E-state index in [0.717, 1.165) is 25.7 Å². The molecule has 2 atom stereocenters. The lowest BCUT2D eigenvalue weighted by Crippen LogP contribution is -2.55. The highest BCUT2D eigenvalue weighted by Gasteiger charge is 2.45. The molecule has 0 aromatic heterocycles. The minimum Gasteiger partial charge on any atom is -0.444 e. The van der Waals surface area contributed by atoms with Gasteiger partial charge >= 0.3 is 12.3 Å². The standard InChI is InChI=1S/C19H34F3N5O2.HI/c1-18(2,3)29-17(28)27-14-6-7-15(27)11-13(10-14)25-16(23-4)24-8-9-26(5)12-19(20,21)22;/h13-15H,6-12H2,1-5H3,(H2,23,24,25);1H. The van der Waals surface area contributed by atoms with Crippen LogP contribution in [-0.2, 0) is 4.74 Å². The molecule has 2 N–H and O–H groups in total. The summed E-state index contributed by atoms with van der Waals surface area (Å²) in [4.78, 5) is 19.8. The molecule has 0 spiro atoms. The Kier molecular flexibility index (Phi) is 9.97. The summed E-state index contributed by atoms with van der Waals surface area (Å²) in [5.74, 6) is 0.570. The van der Waals surface area contributed by atoms with Crippen molar-refractivity contribution in [3.8, 4) is 0 Å². The van der Waals surface area contributed by atoms with Crippen molar-refractivity contribution in [3.63, 3.8) is 0 Å². The molecule has 30 heavy (non-hydrogen) atoms. The molecule has 2 unspecified atom stereocenters. The number of halogens is 4. The zero-order valence-electron chi connectivity index (χ0n) is 18.4. The van der Waals surface area contributed by atoms with E-state index in [0.29, 0.717) is 12.5 Å². The molecule has 2 saturated heterocycles. The van der Waals surface area contributed by atoms with Crippen molar-refractivity contribution in [3.05, 3.63) is 0 Å². The van der Waals surface area contributed by atoms with Gasteiger partial charge in [-0.05, 0) is 53.5 Å². The van der Waals surface area contributed by atoms with E-state index in [4.69, 9.17) is 4.74 Å². The zero-order valence-corrected chi connectivity index (χ0v) is 20.7. The molecular formula is C19H35F3IN5O2.